The van der Waals surface area contributed by atoms with E-state index in [9.17, 15) is 4.79 Å². The van der Waals surface area contributed by atoms with Crippen LogP contribution in [0.3, 0.4) is 0 Å². The first-order chi connectivity index (χ1) is 14.2. The van der Waals surface area contributed by atoms with Crippen molar-refractivity contribution < 1.29 is 14.3 Å². The van der Waals surface area contributed by atoms with E-state index < -0.39 is 6.09 Å². The maximum absolute atomic E-state index is 12.3. The number of benzene rings is 3. The van der Waals surface area contributed by atoms with Gasteiger partial charge in [-0.15, -0.1) is 0 Å². The van der Waals surface area contributed by atoms with Gasteiger partial charge in [-0.1, -0.05) is 36.4 Å². The van der Waals surface area contributed by atoms with Gasteiger partial charge in [-0.2, -0.15) is 0 Å². The largest absolute Gasteiger partial charge is 0.493 e. The minimum Gasteiger partial charge on any atom is -0.493 e. The van der Waals surface area contributed by atoms with Crippen LogP contribution in [0.4, 0.5) is 16.2 Å². The number of nitrogens with zero attached hydrogens (tertiary/aromatic N) is 1. The Morgan fingerprint density at radius 1 is 1.00 bits per heavy atom. The van der Waals surface area contributed by atoms with Crippen molar-refractivity contribution in [1.29, 1.82) is 0 Å². The van der Waals surface area contributed by atoms with Gasteiger partial charge in [0.15, 0.2) is 0 Å². The Morgan fingerprint density at radius 3 is 2.79 bits per heavy atom. The number of fused-ring (bicyclic) bond motifs is 2. The van der Waals surface area contributed by atoms with Gasteiger partial charge in [0.05, 0.1) is 6.61 Å². The summed E-state index contributed by atoms with van der Waals surface area (Å²) in [4.78, 5) is 14.7. The Kier molecular flexibility index (Phi) is 4.56. The van der Waals surface area contributed by atoms with Crippen molar-refractivity contribution in [2.75, 3.05) is 23.4 Å². The van der Waals surface area contributed by atoms with Crippen LogP contribution >= 0.6 is 0 Å². The molecule has 5 heteroatoms. The molecule has 2 aliphatic heterocycles. The highest BCUT2D eigenvalue weighted by Crippen LogP contribution is 2.33. The minimum atomic E-state index is -0.498. The molecule has 0 unspecified atom stereocenters. The van der Waals surface area contributed by atoms with Gasteiger partial charge in [-0.05, 0) is 47.4 Å². The molecule has 1 N–H and O–H groups in total. The fraction of sp³-hybridized carbons (Fsp3) is 0.208. The molecule has 5 nitrogen and oxygen atoms in total. The van der Waals surface area contributed by atoms with Crippen LogP contribution in [0.15, 0.2) is 66.7 Å². The van der Waals surface area contributed by atoms with Crippen molar-refractivity contribution in [1.82, 2.24) is 0 Å². The topological polar surface area (TPSA) is 50.8 Å². The van der Waals surface area contributed by atoms with Crippen LogP contribution < -0.4 is 19.7 Å². The van der Waals surface area contributed by atoms with Crippen LogP contribution in [0.5, 0.6) is 11.5 Å². The van der Waals surface area contributed by atoms with Crippen LogP contribution in [-0.2, 0) is 19.4 Å². The molecule has 0 saturated carbocycles. The molecule has 0 saturated heterocycles. The molecule has 0 bridgehead atoms. The maximum atomic E-state index is 12.3. The predicted octanol–water partition coefficient (Wildman–Crippen LogP) is 4.80. The predicted molar refractivity (Wildman–Crippen MR) is 113 cm³/mol. The third-order valence-electron chi connectivity index (χ3n) is 5.41. The summed E-state index contributed by atoms with van der Waals surface area (Å²) in [5.74, 6) is 1.39. The van der Waals surface area contributed by atoms with Gasteiger partial charge >= 0.3 is 6.09 Å². The minimum absolute atomic E-state index is 0.498. The zero-order chi connectivity index (χ0) is 19.6. The summed E-state index contributed by atoms with van der Waals surface area (Å²) in [6.45, 7) is 2.55. The Hall–Kier alpha value is -3.47. The number of hydrogen-bond acceptors (Lipinski definition) is 4. The van der Waals surface area contributed by atoms with E-state index >= 15 is 0 Å². The van der Waals surface area contributed by atoms with Gasteiger partial charge in [-0.25, -0.2) is 4.79 Å². The van der Waals surface area contributed by atoms with Crippen LogP contribution in [0.2, 0.25) is 0 Å². The van der Waals surface area contributed by atoms with E-state index in [1.807, 2.05) is 42.5 Å². The number of amides is 1. The lowest BCUT2D eigenvalue weighted by Gasteiger charge is -2.19. The van der Waals surface area contributed by atoms with Gasteiger partial charge in [-0.3, -0.25) is 5.32 Å². The molecule has 2 heterocycles. The van der Waals surface area contributed by atoms with E-state index in [4.69, 9.17) is 9.47 Å². The zero-order valence-electron chi connectivity index (χ0n) is 16.1. The number of nitrogens with one attached hydrogen (secondary N) is 1. The van der Waals surface area contributed by atoms with Crippen LogP contribution in [0, 0.1) is 0 Å². The smallest absolute Gasteiger partial charge is 0.417 e. The van der Waals surface area contributed by atoms with Gasteiger partial charge < -0.3 is 14.4 Å². The third kappa shape index (κ3) is 3.76. The first-order valence-electron chi connectivity index (χ1n) is 9.91. The summed E-state index contributed by atoms with van der Waals surface area (Å²) in [6.07, 6.45) is 1.36. The fourth-order valence-electron chi connectivity index (χ4n) is 3.97. The standard InChI is InChI=1S/C24H22N2O3/c27-24(25-20-7-6-18-11-13-28-23(18)15-20)29-21-8-9-22-19(14-21)10-12-26(22)16-17-4-2-1-3-5-17/h1-9,14-15H,10-13,16H2,(H,25,27). The van der Waals surface area contributed by atoms with Crippen molar-refractivity contribution >= 4 is 17.5 Å². The quantitative estimate of drug-likeness (QED) is 0.700. The molecule has 0 spiro atoms. The second-order valence-corrected chi connectivity index (χ2v) is 7.38. The number of carbonyl (C=O) groups excluding carboxylic acids is 1. The number of ether oxygens (including phenoxy) is 2. The van der Waals surface area contributed by atoms with E-state index in [0.29, 0.717) is 18.0 Å². The summed E-state index contributed by atoms with van der Waals surface area (Å²) in [6, 6.07) is 22.0. The lowest BCUT2D eigenvalue weighted by atomic mass is 10.1. The molecule has 2 aliphatic rings. The van der Waals surface area contributed by atoms with Gasteiger partial charge in [0.25, 0.3) is 0 Å². The first-order valence-corrected chi connectivity index (χ1v) is 9.91. The average Bonchev–Trinajstić information content (AvgIpc) is 3.35. The molecule has 0 aliphatic carbocycles. The van der Waals surface area contributed by atoms with Crippen LogP contribution in [-0.4, -0.2) is 19.2 Å². The van der Waals surface area contributed by atoms with Crippen molar-refractivity contribution in [3.63, 3.8) is 0 Å². The molecule has 1 amide bonds. The number of carbonyl (C=O) groups is 1. The van der Waals surface area contributed by atoms with E-state index in [-0.39, 0.29) is 0 Å². The molecule has 0 aromatic heterocycles. The number of anilines is 2. The average molecular weight is 386 g/mol. The van der Waals surface area contributed by atoms with E-state index in [2.05, 4.69) is 34.5 Å². The van der Waals surface area contributed by atoms with Gasteiger partial charge in [0, 0.05) is 37.0 Å². The summed E-state index contributed by atoms with van der Waals surface area (Å²) < 4.78 is 11.1. The fourth-order valence-corrected chi connectivity index (χ4v) is 3.97. The molecule has 3 aromatic rings. The Balaban J connectivity index is 1.24. The highest BCUT2D eigenvalue weighted by molar-refractivity contribution is 5.86. The first kappa shape index (κ1) is 17.6. The van der Waals surface area contributed by atoms with Crippen molar-refractivity contribution in [2.45, 2.75) is 19.4 Å². The van der Waals surface area contributed by atoms with Crippen molar-refractivity contribution in [2.24, 2.45) is 0 Å². The van der Waals surface area contributed by atoms with E-state index in [1.165, 1.54) is 22.4 Å². The van der Waals surface area contributed by atoms with Gasteiger partial charge in [0.2, 0.25) is 0 Å². The second-order valence-electron chi connectivity index (χ2n) is 7.38. The molecule has 0 atom stereocenters. The molecular formula is C24H22N2O3. The normalized spacial score (nSPS) is 14.1. The molecule has 5 rings (SSSR count). The Morgan fingerprint density at radius 2 is 1.90 bits per heavy atom. The van der Waals surface area contributed by atoms with Crippen molar-refractivity contribution in [3.05, 3.63) is 83.4 Å². The maximum Gasteiger partial charge on any atom is 0.417 e. The lowest BCUT2D eigenvalue weighted by molar-refractivity contribution is 0.215. The van der Waals surface area contributed by atoms with Crippen LogP contribution in [0.25, 0.3) is 0 Å². The monoisotopic (exact) mass is 386 g/mol. The zero-order valence-corrected chi connectivity index (χ0v) is 16.1. The summed E-state index contributed by atoms with van der Waals surface area (Å²) in [5.41, 5.74) is 5.54. The molecule has 0 fully saturated rings. The summed E-state index contributed by atoms with van der Waals surface area (Å²) in [5, 5.41) is 2.78. The molecule has 3 aromatic carbocycles. The Labute approximate surface area is 169 Å². The SMILES string of the molecule is O=C(Nc1ccc2c(c1)OCC2)Oc1ccc2c(c1)CCN2Cc1ccccc1. The van der Waals surface area contributed by atoms with Gasteiger partial charge in [0.1, 0.15) is 11.5 Å². The molecular weight excluding hydrogens is 364 g/mol. The van der Waals surface area contributed by atoms with Crippen LogP contribution in [0.1, 0.15) is 16.7 Å². The van der Waals surface area contributed by atoms with Crippen molar-refractivity contribution in [3.8, 4) is 11.5 Å². The highest BCUT2D eigenvalue weighted by atomic mass is 16.6. The lowest BCUT2D eigenvalue weighted by Crippen LogP contribution is -2.19. The third-order valence-corrected chi connectivity index (χ3v) is 5.41. The second kappa shape index (κ2) is 7.51. The summed E-state index contributed by atoms with van der Waals surface area (Å²) in [7, 11) is 0. The number of rotatable bonds is 4. The Bertz CT molecular complexity index is 1050. The highest BCUT2D eigenvalue weighted by Gasteiger charge is 2.20. The number of hydrogen-bond donors (Lipinski definition) is 1. The van der Waals surface area contributed by atoms with E-state index in [1.54, 1.807) is 0 Å². The molecule has 0 radical (unpaired) electrons. The molecule has 146 valence electrons. The summed E-state index contributed by atoms with van der Waals surface area (Å²) >= 11 is 0. The van der Waals surface area contributed by atoms with E-state index in [0.717, 1.165) is 31.7 Å². The molecule has 29 heavy (non-hydrogen) atoms.